The fourth-order valence-electron chi connectivity index (χ4n) is 1.79. The Balaban J connectivity index is 1.94. The molecule has 0 aliphatic rings. The lowest BCUT2D eigenvalue weighted by Crippen LogP contribution is -2.52. The van der Waals surface area contributed by atoms with Crippen molar-refractivity contribution in [1.29, 1.82) is 0 Å². The molecular weight excluding hydrogens is 346 g/mol. The summed E-state index contributed by atoms with van der Waals surface area (Å²) in [6, 6.07) is 3.51. The number of aromatic nitrogens is 2. The number of hydrogen-bond acceptors (Lipinski definition) is 7. The Kier molecular flexibility index (Phi) is 6.03. The number of thiophene rings is 1. The van der Waals surface area contributed by atoms with Gasteiger partial charge in [0.25, 0.3) is 11.8 Å². The van der Waals surface area contributed by atoms with Gasteiger partial charge in [-0.3, -0.25) is 14.9 Å². The summed E-state index contributed by atoms with van der Waals surface area (Å²) in [7, 11) is 3.98. The van der Waals surface area contributed by atoms with Crippen molar-refractivity contribution < 1.29 is 9.59 Å². The number of anilines is 1. The van der Waals surface area contributed by atoms with Crippen LogP contribution in [0.25, 0.3) is 0 Å². The van der Waals surface area contributed by atoms with E-state index in [4.69, 9.17) is 0 Å². The predicted molar refractivity (Wildman–Crippen MR) is 96.7 cm³/mol. The van der Waals surface area contributed by atoms with E-state index in [0.29, 0.717) is 10.0 Å². The number of hydrogen-bond donors (Lipinski definition) is 2. The molecule has 0 unspecified atom stereocenters. The van der Waals surface area contributed by atoms with E-state index in [2.05, 4.69) is 25.7 Å². The molecule has 2 N–H and O–H groups in total. The van der Waals surface area contributed by atoms with Crippen molar-refractivity contribution in [2.24, 2.45) is 0 Å². The summed E-state index contributed by atoms with van der Waals surface area (Å²) < 4.78 is 0. The molecule has 0 aliphatic carbocycles. The zero-order valence-electron chi connectivity index (χ0n) is 14.1. The molecule has 2 aromatic rings. The second kappa shape index (κ2) is 7.82. The molecule has 0 bridgehead atoms. The highest BCUT2D eigenvalue weighted by molar-refractivity contribution is 7.15. The van der Waals surface area contributed by atoms with E-state index < -0.39 is 5.54 Å². The molecule has 0 saturated carbocycles. The van der Waals surface area contributed by atoms with Crippen molar-refractivity contribution in [3.05, 3.63) is 27.4 Å². The quantitative estimate of drug-likeness (QED) is 0.780. The van der Waals surface area contributed by atoms with Crippen molar-refractivity contribution >= 4 is 39.6 Å². The van der Waals surface area contributed by atoms with Gasteiger partial charge < -0.3 is 10.2 Å². The molecule has 0 aliphatic heterocycles. The Morgan fingerprint density at radius 3 is 2.67 bits per heavy atom. The van der Waals surface area contributed by atoms with Gasteiger partial charge in [-0.25, -0.2) is 0 Å². The van der Waals surface area contributed by atoms with Crippen LogP contribution in [0.1, 0.15) is 28.5 Å². The molecule has 2 rings (SSSR count). The van der Waals surface area contributed by atoms with Gasteiger partial charge >= 0.3 is 0 Å². The van der Waals surface area contributed by atoms with Gasteiger partial charge in [-0.1, -0.05) is 17.4 Å². The number of nitrogens with zero attached hydrogens (tertiary/aromatic N) is 3. The first kappa shape index (κ1) is 18.5. The normalized spacial score (nSPS) is 11.5. The van der Waals surface area contributed by atoms with Crippen LogP contribution in [0, 0.1) is 0 Å². The lowest BCUT2D eigenvalue weighted by molar-refractivity contribution is -0.120. The van der Waals surface area contributed by atoms with Gasteiger partial charge in [0.15, 0.2) is 0 Å². The average molecular weight is 368 g/mol. The van der Waals surface area contributed by atoms with Gasteiger partial charge in [0.2, 0.25) is 5.13 Å². The van der Waals surface area contributed by atoms with Crippen molar-refractivity contribution in [3.8, 4) is 0 Å². The van der Waals surface area contributed by atoms with E-state index in [-0.39, 0.29) is 11.8 Å². The molecule has 130 valence electrons. The summed E-state index contributed by atoms with van der Waals surface area (Å²) in [4.78, 5) is 27.2. The zero-order chi connectivity index (χ0) is 17.7. The smallest absolute Gasteiger partial charge is 0.262 e. The number of likely N-dealkylation sites (N-methyl/N-ethyl adjacent to an activating group) is 1. The Morgan fingerprint density at radius 1 is 1.29 bits per heavy atom. The molecular formula is C15H21N5O2S2. The van der Waals surface area contributed by atoms with Crippen LogP contribution in [0.5, 0.6) is 0 Å². The average Bonchev–Trinajstić information content (AvgIpc) is 3.16. The monoisotopic (exact) mass is 367 g/mol. The summed E-state index contributed by atoms with van der Waals surface area (Å²) in [5.41, 5.74) is -1.06. The number of carbonyl (C=O) groups excluding carboxylic acids is 2. The molecule has 0 radical (unpaired) electrons. The predicted octanol–water partition coefficient (Wildman–Crippen LogP) is 1.85. The molecule has 7 nitrogen and oxygen atoms in total. The van der Waals surface area contributed by atoms with Crippen LogP contribution in [-0.2, 0) is 11.2 Å². The van der Waals surface area contributed by atoms with E-state index in [1.165, 1.54) is 22.7 Å². The molecule has 0 spiro atoms. The van der Waals surface area contributed by atoms with Crippen molar-refractivity contribution in [2.75, 3.05) is 26.0 Å². The molecule has 9 heteroatoms. The maximum absolute atomic E-state index is 12.4. The molecule has 0 saturated heterocycles. The third kappa shape index (κ3) is 5.08. The van der Waals surface area contributed by atoms with Crippen molar-refractivity contribution in [3.63, 3.8) is 0 Å². The number of amides is 2. The maximum Gasteiger partial charge on any atom is 0.262 e. The number of carbonyl (C=O) groups is 2. The van der Waals surface area contributed by atoms with Gasteiger partial charge in [0, 0.05) is 13.0 Å². The summed E-state index contributed by atoms with van der Waals surface area (Å²) in [6.45, 7) is 4.18. The third-order valence-corrected chi connectivity index (χ3v) is 4.97. The maximum atomic E-state index is 12.4. The van der Waals surface area contributed by atoms with E-state index in [1.807, 2.05) is 19.5 Å². The van der Waals surface area contributed by atoms with Gasteiger partial charge in [-0.15, -0.1) is 21.5 Å². The summed E-state index contributed by atoms with van der Waals surface area (Å²) in [6.07, 6.45) is 0.777. The van der Waals surface area contributed by atoms with Crippen molar-refractivity contribution in [1.82, 2.24) is 20.4 Å². The molecule has 0 fully saturated rings. The van der Waals surface area contributed by atoms with E-state index in [0.717, 1.165) is 18.0 Å². The molecule has 0 atom stereocenters. The fourth-order valence-corrected chi connectivity index (χ4v) is 3.13. The minimum Gasteiger partial charge on any atom is -0.337 e. The lowest BCUT2D eigenvalue weighted by Gasteiger charge is -2.24. The van der Waals surface area contributed by atoms with Gasteiger partial charge in [0.1, 0.15) is 10.5 Å². The standard InChI is InChI=1S/C15H21N5O2S2/c1-15(2,17-12(21)10-6-5-9-23-10)13(22)16-14-19-18-11(24-14)7-8-20(3)4/h5-6,9H,7-8H2,1-4H3,(H,17,21)(H,16,19,22). The number of nitrogens with one attached hydrogen (secondary N) is 2. The second-order valence-corrected chi connectivity index (χ2v) is 8.07. The fraction of sp³-hybridized carbons (Fsp3) is 0.467. The second-order valence-electron chi connectivity index (χ2n) is 6.06. The first-order chi connectivity index (χ1) is 11.3. The summed E-state index contributed by atoms with van der Waals surface area (Å²) >= 11 is 2.67. The molecule has 0 aromatic carbocycles. The highest BCUT2D eigenvalue weighted by atomic mass is 32.1. The topological polar surface area (TPSA) is 87.2 Å². The molecule has 2 heterocycles. The van der Waals surface area contributed by atoms with Crippen molar-refractivity contribution in [2.45, 2.75) is 25.8 Å². The molecule has 2 aromatic heterocycles. The highest BCUT2D eigenvalue weighted by Crippen LogP contribution is 2.18. The first-order valence-corrected chi connectivity index (χ1v) is 9.12. The lowest BCUT2D eigenvalue weighted by atomic mass is 10.0. The van der Waals surface area contributed by atoms with Crippen LogP contribution >= 0.6 is 22.7 Å². The Bertz CT molecular complexity index is 695. The molecule has 2 amide bonds. The molecule has 24 heavy (non-hydrogen) atoms. The largest absolute Gasteiger partial charge is 0.337 e. The van der Waals surface area contributed by atoms with Gasteiger partial charge in [-0.05, 0) is 39.4 Å². The first-order valence-electron chi connectivity index (χ1n) is 7.42. The van der Waals surface area contributed by atoms with Crippen LogP contribution in [0.2, 0.25) is 0 Å². The van der Waals surface area contributed by atoms with Crippen LogP contribution < -0.4 is 10.6 Å². The highest BCUT2D eigenvalue weighted by Gasteiger charge is 2.31. The van der Waals surface area contributed by atoms with Gasteiger partial charge in [0.05, 0.1) is 4.88 Å². The Hall–Kier alpha value is -1.84. The van der Waals surface area contributed by atoms with Crippen LogP contribution in [0.15, 0.2) is 17.5 Å². The van der Waals surface area contributed by atoms with Crippen LogP contribution in [0.3, 0.4) is 0 Å². The third-order valence-electron chi connectivity index (χ3n) is 3.20. The Morgan fingerprint density at radius 2 is 2.04 bits per heavy atom. The van der Waals surface area contributed by atoms with E-state index in [9.17, 15) is 9.59 Å². The minimum atomic E-state index is -1.06. The Labute approximate surface area is 149 Å². The SMILES string of the molecule is CN(C)CCc1nnc(NC(=O)C(C)(C)NC(=O)c2cccs2)s1. The van der Waals surface area contributed by atoms with Crippen LogP contribution in [-0.4, -0.2) is 53.1 Å². The van der Waals surface area contributed by atoms with Gasteiger partial charge in [-0.2, -0.15) is 0 Å². The number of rotatable bonds is 7. The minimum absolute atomic E-state index is 0.269. The summed E-state index contributed by atoms with van der Waals surface area (Å²) in [5.74, 6) is -0.600. The zero-order valence-corrected chi connectivity index (χ0v) is 15.8. The van der Waals surface area contributed by atoms with E-state index >= 15 is 0 Å². The van der Waals surface area contributed by atoms with Crippen LogP contribution in [0.4, 0.5) is 5.13 Å². The summed E-state index contributed by atoms with van der Waals surface area (Å²) in [5, 5.41) is 16.6. The van der Waals surface area contributed by atoms with E-state index in [1.54, 1.807) is 26.0 Å².